The lowest BCUT2D eigenvalue weighted by molar-refractivity contribution is 0.609. The third-order valence-corrected chi connectivity index (χ3v) is 9.42. The van der Waals surface area contributed by atoms with Crippen LogP contribution in [0.15, 0.2) is 121 Å². The van der Waals surface area contributed by atoms with Crippen LogP contribution in [0.1, 0.15) is 25.0 Å². The van der Waals surface area contributed by atoms with E-state index in [0.717, 1.165) is 16.8 Å². The van der Waals surface area contributed by atoms with Crippen molar-refractivity contribution in [3.63, 3.8) is 0 Å². The van der Waals surface area contributed by atoms with Gasteiger partial charge in [0, 0.05) is 21.9 Å². The highest BCUT2D eigenvalue weighted by Gasteiger charge is 2.36. The molecular formula is C39H26FN. The Kier molecular flexibility index (Phi) is 4.36. The Labute approximate surface area is 237 Å². The Hall–Kier alpha value is -4.95. The summed E-state index contributed by atoms with van der Waals surface area (Å²) in [5.41, 5.74) is 7.85. The summed E-state index contributed by atoms with van der Waals surface area (Å²) in [5.74, 6) is -0.181. The molecule has 1 aliphatic carbocycles. The van der Waals surface area contributed by atoms with Crippen LogP contribution in [0.5, 0.6) is 0 Å². The van der Waals surface area contributed by atoms with Crippen molar-refractivity contribution in [2.45, 2.75) is 19.3 Å². The molecule has 8 aromatic rings. The van der Waals surface area contributed by atoms with Gasteiger partial charge in [0.25, 0.3) is 0 Å². The second-order valence-corrected chi connectivity index (χ2v) is 11.9. The van der Waals surface area contributed by atoms with Crippen molar-refractivity contribution in [3.05, 3.63) is 138 Å². The Morgan fingerprint density at radius 1 is 0.463 bits per heavy atom. The van der Waals surface area contributed by atoms with E-state index in [4.69, 9.17) is 0 Å². The molecule has 0 radical (unpaired) electrons. The lowest BCUT2D eigenvalue weighted by atomic mass is 9.82. The molecule has 0 N–H and O–H groups in total. The van der Waals surface area contributed by atoms with E-state index in [1.165, 1.54) is 65.3 Å². The minimum Gasteiger partial charge on any atom is -0.309 e. The van der Waals surface area contributed by atoms with E-state index in [0.29, 0.717) is 0 Å². The van der Waals surface area contributed by atoms with Gasteiger partial charge in [0.1, 0.15) is 5.82 Å². The highest BCUT2D eigenvalue weighted by molar-refractivity contribution is 6.25. The van der Waals surface area contributed by atoms with Crippen LogP contribution in [0.2, 0.25) is 0 Å². The lowest BCUT2D eigenvalue weighted by Crippen LogP contribution is -2.15. The molecule has 1 aromatic heterocycles. The zero-order valence-electron chi connectivity index (χ0n) is 22.9. The third-order valence-electron chi connectivity index (χ3n) is 9.42. The van der Waals surface area contributed by atoms with Crippen LogP contribution in [0, 0.1) is 5.82 Å². The van der Waals surface area contributed by atoms with Crippen molar-refractivity contribution in [2.24, 2.45) is 0 Å². The number of nitrogens with zero attached hydrogens (tertiary/aromatic N) is 1. The molecule has 0 amide bonds. The molecule has 1 nitrogen and oxygen atoms in total. The second kappa shape index (κ2) is 7.83. The van der Waals surface area contributed by atoms with Crippen molar-refractivity contribution < 1.29 is 4.39 Å². The van der Waals surface area contributed by atoms with Crippen LogP contribution >= 0.6 is 0 Å². The van der Waals surface area contributed by atoms with Gasteiger partial charge in [0.05, 0.1) is 11.0 Å². The molecule has 1 heterocycles. The molecule has 194 valence electrons. The summed E-state index contributed by atoms with van der Waals surface area (Å²) < 4.78 is 16.8. The molecule has 0 aliphatic heterocycles. The molecule has 0 fully saturated rings. The van der Waals surface area contributed by atoms with Gasteiger partial charge in [-0.15, -0.1) is 0 Å². The van der Waals surface area contributed by atoms with Crippen LogP contribution in [0.4, 0.5) is 4.39 Å². The van der Waals surface area contributed by atoms with Crippen LogP contribution in [0.25, 0.3) is 70.9 Å². The van der Waals surface area contributed by atoms with Gasteiger partial charge in [-0.1, -0.05) is 92.7 Å². The highest BCUT2D eigenvalue weighted by Crippen LogP contribution is 2.51. The van der Waals surface area contributed by atoms with Crippen molar-refractivity contribution in [2.75, 3.05) is 0 Å². The summed E-state index contributed by atoms with van der Waals surface area (Å²) >= 11 is 0. The fourth-order valence-electron chi connectivity index (χ4n) is 7.48. The first-order valence-electron chi connectivity index (χ1n) is 14.2. The number of halogens is 1. The van der Waals surface area contributed by atoms with Gasteiger partial charge in [0.2, 0.25) is 0 Å². The maximum Gasteiger partial charge on any atom is 0.123 e. The molecule has 0 unspecified atom stereocenters. The number of benzene rings is 7. The predicted octanol–water partition coefficient (Wildman–Crippen LogP) is 10.7. The maximum absolute atomic E-state index is 14.4. The first-order chi connectivity index (χ1) is 20.0. The van der Waals surface area contributed by atoms with Gasteiger partial charge in [-0.05, 0) is 97.0 Å². The number of hydrogen-bond donors (Lipinski definition) is 0. The van der Waals surface area contributed by atoms with Gasteiger partial charge in [0.15, 0.2) is 0 Å². The fourth-order valence-corrected chi connectivity index (χ4v) is 7.48. The molecule has 0 bridgehead atoms. The van der Waals surface area contributed by atoms with Crippen LogP contribution in [-0.4, -0.2) is 4.57 Å². The molecule has 0 saturated heterocycles. The lowest BCUT2D eigenvalue weighted by Gasteiger charge is -2.22. The Morgan fingerprint density at radius 2 is 1.05 bits per heavy atom. The Bertz CT molecular complexity index is 2370. The summed E-state index contributed by atoms with van der Waals surface area (Å²) in [4.78, 5) is 0. The van der Waals surface area contributed by atoms with E-state index in [9.17, 15) is 4.39 Å². The summed E-state index contributed by atoms with van der Waals surface area (Å²) in [6.07, 6.45) is 0. The first kappa shape index (κ1) is 22.8. The first-order valence-corrected chi connectivity index (χ1v) is 14.2. The van der Waals surface area contributed by atoms with Gasteiger partial charge >= 0.3 is 0 Å². The van der Waals surface area contributed by atoms with E-state index < -0.39 is 0 Å². The standard InChI is InChI=1S/C39H26FN/c1-39(2)35-19-23(40)15-17-30(35)33-21-34-31-13-7-8-14-37(31)41(38(34)22-36(33)39)24-16-18-29-27-11-4-3-9-25(27)26-10-5-6-12-28(26)32(29)20-24/h3-22H,1-2H3. The van der Waals surface area contributed by atoms with Crippen LogP contribution in [0.3, 0.4) is 0 Å². The van der Waals surface area contributed by atoms with E-state index in [1.807, 2.05) is 6.07 Å². The average Bonchev–Trinajstić information content (AvgIpc) is 3.44. The molecule has 0 spiro atoms. The Morgan fingerprint density at radius 3 is 1.76 bits per heavy atom. The fraction of sp³-hybridized carbons (Fsp3) is 0.0769. The predicted molar refractivity (Wildman–Crippen MR) is 171 cm³/mol. The van der Waals surface area contributed by atoms with Crippen molar-refractivity contribution >= 4 is 54.1 Å². The average molecular weight is 528 g/mol. The summed E-state index contributed by atoms with van der Waals surface area (Å²) in [7, 11) is 0. The van der Waals surface area contributed by atoms with Gasteiger partial charge in [-0.3, -0.25) is 0 Å². The van der Waals surface area contributed by atoms with Crippen LogP contribution in [-0.2, 0) is 5.41 Å². The minimum atomic E-state index is -0.291. The maximum atomic E-state index is 14.4. The largest absolute Gasteiger partial charge is 0.309 e. The van der Waals surface area contributed by atoms with Gasteiger partial charge in [-0.25, -0.2) is 4.39 Å². The minimum absolute atomic E-state index is 0.181. The quantitative estimate of drug-likeness (QED) is 0.187. The summed E-state index contributed by atoms with van der Waals surface area (Å²) in [5, 5.41) is 10.1. The highest BCUT2D eigenvalue weighted by atomic mass is 19.1. The molecular weight excluding hydrogens is 501 g/mol. The SMILES string of the molecule is CC1(C)c2cc(F)ccc2-c2cc3c4ccccc4n(-c4ccc5c6ccccc6c6ccccc6c5c4)c3cc21. The summed E-state index contributed by atoms with van der Waals surface area (Å²) in [6, 6.07) is 43.0. The summed E-state index contributed by atoms with van der Waals surface area (Å²) in [6.45, 7) is 4.42. The monoisotopic (exact) mass is 527 g/mol. The molecule has 0 saturated carbocycles. The van der Waals surface area contributed by atoms with E-state index in [1.54, 1.807) is 12.1 Å². The van der Waals surface area contributed by atoms with Gasteiger partial charge < -0.3 is 4.57 Å². The zero-order valence-corrected chi connectivity index (χ0v) is 22.9. The third kappa shape index (κ3) is 2.94. The van der Waals surface area contributed by atoms with E-state index in [2.05, 4.69) is 122 Å². The Balaban J connectivity index is 1.39. The smallest absolute Gasteiger partial charge is 0.123 e. The number of fused-ring (bicyclic) bond motifs is 12. The number of hydrogen-bond acceptors (Lipinski definition) is 0. The number of rotatable bonds is 1. The number of aromatic nitrogens is 1. The number of para-hydroxylation sites is 1. The van der Waals surface area contributed by atoms with Crippen LogP contribution < -0.4 is 0 Å². The molecule has 1 aliphatic rings. The molecule has 9 rings (SSSR count). The second-order valence-electron chi connectivity index (χ2n) is 11.9. The zero-order chi connectivity index (χ0) is 27.5. The van der Waals surface area contributed by atoms with Crippen molar-refractivity contribution in [1.82, 2.24) is 4.57 Å². The van der Waals surface area contributed by atoms with E-state index in [-0.39, 0.29) is 11.2 Å². The van der Waals surface area contributed by atoms with Gasteiger partial charge in [-0.2, -0.15) is 0 Å². The molecule has 0 atom stereocenters. The molecule has 2 heteroatoms. The molecule has 7 aromatic carbocycles. The topological polar surface area (TPSA) is 4.93 Å². The molecule has 41 heavy (non-hydrogen) atoms. The normalized spacial score (nSPS) is 13.9. The van der Waals surface area contributed by atoms with Crippen molar-refractivity contribution in [3.8, 4) is 16.8 Å². The van der Waals surface area contributed by atoms with E-state index >= 15 is 0 Å². The van der Waals surface area contributed by atoms with Crippen molar-refractivity contribution in [1.29, 1.82) is 0 Å².